The van der Waals surface area contributed by atoms with Gasteiger partial charge in [0.05, 0.1) is 19.8 Å². The van der Waals surface area contributed by atoms with Gasteiger partial charge in [0.2, 0.25) is 0 Å². The molecule has 1 fully saturated rings. The minimum atomic E-state index is -0.00235. The van der Waals surface area contributed by atoms with Gasteiger partial charge in [0.15, 0.2) is 11.5 Å². The second-order valence-electron chi connectivity index (χ2n) is 5.32. The van der Waals surface area contributed by atoms with E-state index in [1.807, 2.05) is 25.1 Å². The summed E-state index contributed by atoms with van der Waals surface area (Å²) in [6.07, 6.45) is 4.88. The summed E-state index contributed by atoms with van der Waals surface area (Å²) in [5.41, 5.74) is 6.92. The van der Waals surface area contributed by atoms with Gasteiger partial charge in [-0.2, -0.15) is 0 Å². The molecule has 1 saturated heterocycles. The Balaban J connectivity index is 1.82. The third-order valence-electron chi connectivity index (χ3n) is 3.67. The molecule has 1 aliphatic heterocycles. The van der Waals surface area contributed by atoms with Crippen LogP contribution in [-0.2, 0) is 4.74 Å². The first-order valence-electron chi connectivity index (χ1n) is 7.38. The molecule has 0 amide bonds. The smallest absolute Gasteiger partial charge is 0.161 e. The lowest BCUT2D eigenvalue weighted by atomic mass is 10.1. The summed E-state index contributed by atoms with van der Waals surface area (Å²) in [5.74, 6) is 1.53. The highest BCUT2D eigenvalue weighted by atomic mass is 16.5. The van der Waals surface area contributed by atoms with Crippen molar-refractivity contribution in [3.63, 3.8) is 0 Å². The van der Waals surface area contributed by atoms with E-state index in [2.05, 4.69) is 0 Å². The summed E-state index contributed by atoms with van der Waals surface area (Å²) in [5, 5.41) is 0. The molecule has 20 heavy (non-hydrogen) atoms. The fraction of sp³-hybridized carbons (Fsp3) is 0.625. The van der Waals surface area contributed by atoms with Crippen molar-refractivity contribution in [2.45, 2.75) is 44.8 Å². The topological polar surface area (TPSA) is 53.7 Å². The SMILES string of the molecule is COc1cc([C@@H](C)N)ccc1OCCCC1CCCO1. The molecule has 0 aliphatic carbocycles. The Morgan fingerprint density at radius 1 is 1.40 bits per heavy atom. The summed E-state index contributed by atoms with van der Waals surface area (Å²) in [7, 11) is 1.65. The molecule has 1 unspecified atom stereocenters. The van der Waals surface area contributed by atoms with E-state index >= 15 is 0 Å². The molecule has 1 aliphatic rings. The van der Waals surface area contributed by atoms with Gasteiger partial charge in [-0.05, 0) is 50.3 Å². The van der Waals surface area contributed by atoms with E-state index in [9.17, 15) is 0 Å². The van der Waals surface area contributed by atoms with Gasteiger partial charge in [-0.25, -0.2) is 0 Å². The van der Waals surface area contributed by atoms with E-state index in [1.54, 1.807) is 7.11 Å². The molecule has 1 aromatic carbocycles. The van der Waals surface area contributed by atoms with Crippen LogP contribution in [0.1, 0.15) is 44.2 Å². The van der Waals surface area contributed by atoms with E-state index in [0.717, 1.165) is 36.5 Å². The third kappa shape index (κ3) is 4.12. The van der Waals surface area contributed by atoms with E-state index in [1.165, 1.54) is 12.8 Å². The molecular weight excluding hydrogens is 254 g/mol. The molecule has 1 aromatic rings. The molecule has 0 aromatic heterocycles. The van der Waals surface area contributed by atoms with Crippen molar-refractivity contribution in [1.82, 2.24) is 0 Å². The van der Waals surface area contributed by atoms with Crippen LogP contribution in [0.3, 0.4) is 0 Å². The van der Waals surface area contributed by atoms with Gasteiger partial charge in [-0.1, -0.05) is 6.07 Å². The first-order valence-corrected chi connectivity index (χ1v) is 7.38. The molecule has 0 bridgehead atoms. The minimum Gasteiger partial charge on any atom is -0.493 e. The van der Waals surface area contributed by atoms with Crippen molar-refractivity contribution in [1.29, 1.82) is 0 Å². The molecule has 2 rings (SSSR count). The second-order valence-corrected chi connectivity index (χ2v) is 5.32. The number of ether oxygens (including phenoxy) is 3. The first-order chi connectivity index (χ1) is 9.70. The molecule has 2 N–H and O–H groups in total. The van der Waals surface area contributed by atoms with Crippen LogP contribution in [-0.4, -0.2) is 26.4 Å². The number of rotatable bonds is 7. The van der Waals surface area contributed by atoms with Crippen LogP contribution in [0, 0.1) is 0 Å². The number of hydrogen-bond acceptors (Lipinski definition) is 4. The summed E-state index contributed by atoms with van der Waals surface area (Å²) < 4.78 is 16.8. The minimum absolute atomic E-state index is 0.00235. The van der Waals surface area contributed by atoms with Crippen LogP contribution in [0.2, 0.25) is 0 Å². The van der Waals surface area contributed by atoms with Crippen LogP contribution in [0.25, 0.3) is 0 Å². The van der Waals surface area contributed by atoms with Gasteiger partial charge >= 0.3 is 0 Å². The van der Waals surface area contributed by atoms with Gasteiger partial charge in [0, 0.05) is 12.6 Å². The molecule has 1 heterocycles. The Morgan fingerprint density at radius 2 is 2.25 bits per heavy atom. The van der Waals surface area contributed by atoms with Crippen molar-refractivity contribution < 1.29 is 14.2 Å². The Bertz CT molecular complexity index is 414. The lowest BCUT2D eigenvalue weighted by Crippen LogP contribution is -2.08. The quantitative estimate of drug-likeness (QED) is 0.779. The standard InChI is InChI=1S/C16H25NO3/c1-12(17)13-7-8-15(16(11-13)18-2)20-10-4-6-14-5-3-9-19-14/h7-8,11-12,14H,3-6,9-10,17H2,1-2H3/t12-,14?/m1/s1. The zero-order chi connectivity index (χ0) is 14.4. The van der Waals surface area contributed by atoms with Crippen LogP contribution in [0.5, 0.6) is 11.5 Å². The number of benzene rings is 1. The van der Waals surface area contributed by atoms with Crippen LogP contribution < -0.4 is 15.2 Å². The lowest BCUT2D eigenvalue weighted by molar-refractivity contribution is 0.0980. The molecule has 4 heteroatoms. The summed E-state index contributed by atoms with van der Waals surface area (Å²) in [6, 6.07) is 5.86. The molecule has 0 saturated carbocycles. The fourth-order valence-corrected chi connectivity index (χ4v) is 2.45. The number of hydrogen-bond donors (Lipinski definition) is 1. The molecular formula is C16H25NO3. The molecule has 0 radical (unpaired) electrons. The van der Waals surface area contributed by atoms with Gasteiger partial charge in [-0.3, -0.25) is 0 Å². The van der Waals surface area contributed by atoms with Crippen LogP contribution in [0.15, 0.2) is 18.2 Å². The van der Waals surface area contributed by atoms with Crippen molar-refractivity contribution in [3.8, 4) is 11.5 Å². The average Bonchev–Trinajstić information content (AvgIpc) is 2.96. The predicted octanol–water partition coefficient (Wildman–Crippen LogP) is 3.05. The highest BCUT2D eigenvalue weighted by Gasteiger charge is 2.15. The highest BCUT2D eigenvalue weighted by Crippen LogP contribution is 2.30. The maximum absolute atomic E-state index is 5.87. The van der Waals surface area contributed by atoms with E-state index in [0.29, 0.717) is 12.7 Å². The maximum Gasteiger partial charge on any atom is 0.161 e. The number of nitrogens with two attached hydrogens (primary N) is 1. The van der Waals surface area contributed by atoms with Crippen molar-refractivity contribution in [3.05, 3.63) is 23.8 Å². The molecule has 4 nitrogen and oxygen atoms in total. The normalized spacial score (nSPS) is 19.9. The molecule has 112 valence electrons. The first kappa shape index (κ1) is 15.1. The van der Waals surface area contributed by atoms with Crippen LogP contribution >= 0.6 is 0 Å². The van der Waals surface area contributed by atoms with Gasteiger partial charge in [0.1, 0.15) is 0 Å². The fourth-order valence-electron chi connectivity index (χ4n) is 2.45. The largest absolute Gasteiger partial charge is 0.493 e. The molecule has 0 spiro atoms. The van der Waals surface area contributed by atoms with Crippen molar-refractivity contribution >= 4 is 0 Å². The van der Waals surface area contributed by atoms with Crippen molar-refractivity contribution in [2.75, 3.05) is 20.3 Å². The summed E-state index contributed by atoms with van der Waals surface area (Å²) >= 11 is 0. The lowest BCUT2D eigenvalue weighted by Gasteiger charge is -2.14. The zero-order valence-electron chi connectivity index (χ0n) is 12.4. The van der Waals surface area contributed by atoms with E-state index in [-0.39, 0.29) is 6.04 Å². The van der Waals surface area contributed by atoms with E-state index < -0.39 is 0 Å². The molecule has 2 atom stereocenters. The average molecular weight is 279 g/mol. The van der Waals surface area contributed by atoms with Gasteiger partial charge < -0.3 is 19.9 Å². The monoisotopic (exact) mass is 279 g/mol. The third-order valence-corrected chi connectivity index (χ3v) is 3.67. The Hall–Kier alpha value is -1.26. The van der Waals surface area contributed by atoms with Crippen LogP contribution in [0.4, 0.5) is 0 Å². The Kier molecular flexibility index (Phi) is 5.68. The Labute approximate surface area is 121 Å². The highest BCUT2D eigenvalue weighted by molar-refractivity contribution is 5.43. The number of methoxy groups -OCH3 is 1. The Morgan fingerprint density at radius 3 is 2.90 bits per heavy atom. The zero-order valence-corrected chi connectivity index (χ0v) is 12.4. The predicted molar refractivity (Wildman–Crippen MR) is 79.3 cm³/mol. The maximum atomic E-state index is 5.87. The second kappa shape index (κ2) is 7.50. The summed E-state index contributed by atoms with van der Waals surface area (Å²) in [6.45, 7) is 3.56. The van der Waals surface area contributed by atoms with Gasteiger partial charge in [-0.15, -0.1) is 0 Å². The summed E-state index contributed by atoms with van der Waals surface area (Å²) in [4.78, 5) is 0. The van der Waals surface area contributed by atoms with Gasteiger partial charge in [0.25, 0.3) is 0 Å². The van der Waals surface area contributed by atoms with Crippen molar-refractivity contribution in [2.24, 2.45) is 5.73 Å². The van der Waals surface area contributed by atoms with E-state index in [4.69, 9.17) is 19.9 Å².